The van der Waals surface area contributed by atoms with E-state index in [4.69, 9.17) is 15.2 Å². The first-order valence-corrected chi connectivity index (χ1v) is 5.78. The number of hydrogen-bond donors (Lipinski definition) is 2. The predicted molar refractivity (Wildman–Crippen MR) is 73.6 cm³/mol. The summed E-state index contributed by atoms with van der Waals surface area (Å²) in [7, 11) is 2.82. The van der Waals surface area contributed by atoms with E-state index in [1.807, 2.05) is 0 Å². The van der Waals surface area contributed by atoms with Crippen molar-refractivity contribution in [2.75, 3.05) is 25.3 Å². The Morgan fingerprint density at radius 2 is 1.70 bits per heavy atom. The maximum atomic E-state index is 13.7. The van der Waals surface area contributed by atoms with Gasteiger partial charge in [0, 0.05) is 18.2 Å². The summed E-state index contributed by atoms with van der Waals surface area (Å²) in [5, 5.41) is 2.79. The van der Waals surface area contributed by atoms with Crippen molar-refractivity contribution in [2.24, 2.45) is 0 Å². The average molecular weight is 280 g/mol. The number of hydrogen-bond acceptors (Lipinski definition) is 4. The Balaban J connectivity index is 2.39. The van der Waals surface area contributed by atoms with Crippen LogP contribution in [0.5, 0.6) is 11.5 Å². The second-order valence-electron chi connectivity index (χ2n) is 4.04. The molecule has 2 aromatic carbocycles. The molecular weight excluding hydrogens is 266 g/mol. The molecule has 0 aromatic heterocycles. The Kier molecular flexibility index (Phi) is 3.93. The van der Waals surface area contributed by atoms with Gasteiger partial charge in [-0.1, -0.05) is 0 Å². The number of nitrogens with one attached hydrogen (secondary N) is 1. The molecule has 0 aliphatic heterocycles. The number of nitrogen functional groups attached to an aromatic ring is 1. The molecule has 0 heterocycles. The van der Waals surface area contributed by atoms with Gasteiger partial charge in [-0.2, -0.15) is 0 Å². The molecule has 20 heavy (non-hydrogen) atoms. The normalized spacial score (nSPS) is 10.2. The number of nitrogens with two attached hydrogens (primary N) is 1. The van der Waals surface area contributed by atoms with Crippen molar-refractivity contribution in [2.45, 2.75) is 0 Å². The van der Waals surface area contributed by atoms with E-state index < -0.39 is 11.6 Å². The van der Waals surface area contributed by atoms with Gasteiger partial charge in [-0.15, -0.1) is 0 Å². The van der Waals surface area contributed by atoms with Crippen molar-refractivity contribution in [3.63, 3.8) is 0 Å². The monoisotopic (exact) mass is 280 g/mol. The zero-order valence-corrected chi connectivity index (χ0v) is 11.0. The van der Waals surface area contributed by atoms with Gasteiger partial charge in [-0.3, -0.25) is 0 Å². The van der Waals surface area contributed by atoms with Crippen LogP contribution in [0.25, 0.3) is 0 Å². The fraction of sp³-hybridized carbons (Fsp3) is 0.143. The van der Waals surface area contributed by atoms with Crippen LogP contribution in [0.3, 0.4) is 0 Å². The van der Waals surface area contributed by atoms with Crippen LogP contribution in [0, 0.1) is 11.6 Å². The van der Waals surface area contributed by atoms with Gasteiger partial charge in [-0.05, 0) is 12.1 Å². The summed E-state index contributed by atoms with van der Waals surface area (Å²) in [6, 6.07) is 6.71. The molecule has 2 rings (SSSR count). The standard InChI is InChI=1S/C14H14F2N2O2/c1-19-8-3-4-9(15)12(5-8)18-13-7-14(20-2)10(16)6-11(13)17/h3-7,18H,17H2,1-2H3. The van der Waals surface area contributed by atoms with Gasteiger partial charge >= 0.3 is 0 Å². The lowest BCUT2D eigenvalue weighted by Gasteiger charge is -2.13. The average Bonchev–Trinajstić information content (AvgIpc) is 2.44. The van der Waals surface area contributed by atoms with E-state index in [2.05, 4.69) is 5.32 Å². The minimum absolute atomic E-state index is 0.0185. The van der Waals surface area contributed by atoms with E-state index in [1.54, 1.807) is 0 Å². The molecule has 0 saturated carbocycles. The zero-order chi connectivity index (χ0) is 14.7. The van der Waals surface area contributed by atoms with Crippen LogP contribution >= 0.6 is 0 Å². The molecule has 2 aromatic rings. The van der Waals surface area contributed by atoms with Gasteiger partial charge in [-0.25, -0.2) is 8.78 Å². The van der Waals surface area contributed by atoms with E-state index in [0.717, 1.165) is 6.07 Å². The first-order chi connectivity index (χ1) is 9.55. The van der Waals surface area contributed by atoms with Crippen LogP contribution in [-0.2, 0) is 0 Å². The molecule has 6 heteroatoms. The number of halogens is 2. The first-order valence-electron chi connectivity index (χ1n) is 5.78. The number of ether oxygens (including phenoxy) is 2. The van der Waals surface area contributed by atoms with Crippen molar-refractivity contribution >= 4 is 17.1 Å². The van der Waals surface area contributed by atoms with Crippen LogP contribution in [0.1, 0.15) is 0 Å². The van der Waals surface area contributed by atoms with Gasteiger partial charge in [0.05, 0.1) is 31.3 Å². The molecule has 0 spiro atoms. The number of methoxy groups -OCH3 is 2. The number of anilines is 3. The maximum absolute atomic E-state index is 13.7. The van der Waals surface area contributed by atoms with Gasteiger partial charge in [0.2, 0.25) is 0 Å². The molecule has 106 valence electrons. The van der Waals surface area contributed by atoms with Crippen LogP contribution < -0.4 is 20.5 Å². The van der Waals surface area contributed by atoms with E-state index in [1.165, 1.54) is 38.5 Å². The molecule has 0 aliphatic rings. The number of rotatable bonds is 4. The third-order valence-electron chi connectivity index (χ3n) is 2.77. The molecule has 0 atom stereocenters. The fourth-order valence-corrected chi connectivity index (χ4v) is 1.71. The van der Waals surface area contributed by atoms with E-state index >= 15 is 0 Å². The van der Waals surface area contributed by atoms with E-state index in [9.17, 15) is 8.78 Å². The minimum atomic E-state index is -0.582. The molecular formula is C14H14F2N2O2. The molecule has 0 fully saturated rings. The fourth-order valence-electron chi connectivity index (χ4n) is 1.71. The van der Waals surface area contributed by atoms with Crippen LogP contribution in [-0.4, -0.2) is 14.2 Å². The SMILES string of the molecule is COc1ccc(F)c(Nc2cc(OC)c(F)cc2N)c1. The van der Waals surface area contributed by atoms with Crippen LogP contribution in [0.4, 0.5) is 25.8 Å². The van der Waals surface area contributed by atoms with Crippen molar-refractivity contribution in [3.05, 3.63) is 42.0 Å². The van der Waals surface area contributed by atoms with Gasteiger partial charge < -0.3 is 20.5 Å². The molecule has 4 nitrogen and oxygen atoms in total. The van der Waals surface area contributed by atoms with Gasteiger partial charge in [0.1, 0.15) is 11.6 Å². The smallest absolute Gasteiger partial charge is 0.167 e. The zero-order valence-electron chi connectivity index (χ0n) is 11.0. The summed E-state index contributed by atoms with van der Waals surface area (Å²) in [5.74, 6) is -0.554. The third kappa shape index (κ3) is 2.74. The summed E-state index contributed by atoms with van der Waals surface area (Å²) in [5.41, 5.74) is 6.36. The second-order valence-corrected chi connectivity index (χ2v) is 4.04. The van der Waals surface area contributed by atoms with Crippen molar-refractivity contribution in [3.8, 4) is 11.5 Å². The highest BCUT2D eigenvalue weighted by Gasteiger charge is 2.11. The van der Waals surface area contributed by atoms with Gasteiger partial charge in [0.25, 0.3) is 0 Å². The van der Waals surface area contributed by atoms with Gasteiger partial charge in [0.15, 0.2) is 11.6 Å². The predicted octanol–water partition coefficient (Wildman–Crippen LogP) is 3.31. The quantitative estimate of drug-likeness (QED) is 0.844. The lowest BCUT2D eigenvalue weighted by atomic mass is 10.2. The molecule has 0 saturated heterocycles. The second kappa shape index (κ2) is 5.64. The Morgan fingerprint density at radius 3 is 2.35 bits per heavy atom. The van der Waals surface area contributed by atoms with Crippen molar-refractivity contribution in [1.29, 1.82) is 0 Å². The first kappa shape index (κ1) is 13.9. The Labute approximate surface area is 115 Å². The summed E-state index contributed by atoms with van der Waals surface area (Å²) in [6.07, 6.45) is 0. The molecule has 0 aliphatic carbocycles. The highest BCUT2D eigenvalue weighted by molar-refractivity contribution is 5.75. The topological polar surface area (TPSA) is 56.5 Å². The summed E-state index contributed by atoms with van der Waals surface area (Å²) in [4.78, 5) is 0. The van der Waals surface area contributed by atoms with Crippen molar-refractivity contribution < 1.29 is 18.3 Å². The summed E-state index contributed by atoms with van der Waals surface area (Å²) >= 11 is 0. The van der Waals surface area contributed by atoms with Crippen LogP contribution in [0.15, 0.2) is 30.3 Å². The third-order valence-corrected chi connectivity index (χ3v) is 2.77. The highest BCUT2D eigenvalue weighted by atomic mass is 19.1. The number of benzene rings is 2. The maximum Gasteiger partial charge on any atom is 0.167 e. The molecule has 3 N–H and O–H groups in total. The van der Waals surface area contributed by atoms with Crippen molar-refractivity contribution in [1.82, 2.24) is 0 Å². The largest absolute Gasteiger partial charge is 0.497 e. The van der Waals surface area contributed by atoms with E-state index in [-0.39, 0.29) is 17.1 Å². The minimum Gasteiger partial charge on any atom is -0.497 e. The molecule has 0 radical (unpaired) electrons. The van der Waals surface area contributed by atoms with E-state index in [0.29, 0.717) is 11.4 Å². The Bertz CT molecular complexity index is 633. The molecule has 0 bridgehead atoms. The Morgan fingerprint density at radius 1 is 0.950 bits per heavy atom. The summed E-state index contributed by atoms with van der Waals surface area (Å²) in [6.45, 7) is 0. The lowest BCUT2D eigenvalue weighted by Crippen LogP contribution is -2.01. The van der Waals surface area contributed by atoms with Crippen LogP contribution in [0.2, 0.25) is 0 Å². The molecule has 0 amide bonds. The lowest BCUT2D eigenvalue weighted by molar-refractivity contribution is 0.387. The molecule has 0 unspecified atom stereocenters. The highest BCUT2D eigenvalue weighted by Crippen LogP contribution is 2.32. The Hall–Kier alpha value is -2.50. The summed E-state index contributed by atoms with van der Waals surface area (Å²) < 4.78 is 37.0.